The molecule has 0 radical (unpaired) electrons. The summed E-state index contributed by atoms with van der Waals surface area (Å²) in [5, 5.41) is 1.36. The molecule has 2 N–H and O–H groups in total. The van der Waals surface area contributed by atoms with Crippen LogP contribution in [0.15, 0.2) is 24.3 Å². The van der Waals surface area contributed by atoms with Gasteiger partial charge in [-0.3, -0.25) is 4.79 Å². The number of carbonyl (C=O) groups is 1. The molecule has 0 heterocycles. The largest absolute Gasteiger partial charge is 0.370 e. The normalized spacial score (nSPS) is 8.54. The number of amides is 1. The molecular formula is C9H11Cl2NO. The van der Waals surface area contributed by atoms with Crippen molar-refractivity contribution in [2.24, 2.45) is 5.73 Å². The standard InChI is InChI=1S/C6H4Cl2.C3H7NO/c7-5-2-1-3-6(8)4-5;1-2-3(4)5/h1-4H;2H2,1H3,(H2,4,5). The Balaban J connectivity index is 0.000000252. The van der Waals surface area contributed by atoms with Crippen LogP contribution in [0.25, 0.3) is 0 Å². The van der Waals surface area contributed by atoms with Crippen molar-refractivity contribution in [3.63, 3.8) is 0 Å². The monoisotopic (exact) mass is 219 g/mol. The van der Waals surface area contributed by atoms with Gasteiger partial charge in [0.2, 0.25) is 5.91 Å². The summed E-state index contributed by atoms with van der Waals surface area (Å²) in [7, 11) is 0. The van der Waals surface area contributed by atoms with E-state index in [0.29, 0.717) is 16.5 Å². The van der Waals surface area contributed by atoms with Crippen molar-refractivity contribution in [2.75, 3.05) is 0 Å². The lowest BCUT2D eigenvalue weighted by Crippen LogP contribution is -2.06. The van der Waals surface area contributed by atoms with Crippen LogP contribution >= 0.6 is 23.2 Å². The third-order valence-electron chi connectivity index (χ3n) is 1.14. The maximum atomic E-state index is 9.59. The number of primary amides is 1. The van der Waals surface area contributed by atoms with Crippen molar-refractivity contribution < 1.29 is 4.79 Å². The second-order valence-corrected chi connectivity index (χ2v) is 3.13. The van der Waals surface area contributed by atoms with Gasteiger partial charge in [0.15, 0.2) is 0 Å². The molecule has 0 aliphatic rings. The highest BCUT2D eigenvalue weighted by atomic mass is 35.5. The quantitative estimate of drug-likeness (QED) is 0.776. The summed E-state index contributed by atoms with van der Waals surface area (Å²) < 4.78 is 0. The lowest BCUT2D eigenvalue weighted by atomic mass is 10.4. The summed E-state index contributed by atoms with van der Waals surface area (Å²) in [5.41, 5.74) is 4.65. The Morgan fingerprint density at radius 1 is 1.38 bits per heavy atom. The first-order valence-corrected chi connectivity index (χ1v) is 4.51. The molecule has 72 valence electrons. The number of benzene rings is 1. The Morgan fingerprint density at radius 3 is 1.92 bits per heavy atom. The molecule has 13 heavy (non-hydrogen) atoms. The molecule has 0 atom stereocenters. The van der Waals surface area contributed by atoms with Crippen molar-refractivity contribution in [3.05, 3.63) is 34.3 Å². The van der Waals surface area contributed by atoms with Crippen LogP contribution in [0.3, 0.4) is 0 Å². The third kappa shape index (κ3) is 7.62. The Bertz CT molecular complexity index is 259. The molecule has 1 aromatic rings. The van der Waals surface area contributed by atoms with Gasteiger partial charge in [0.1, 0.15) is 0 Å². The first-order chi connectivity index (χ1) is 6.06. The smallest absolute Gasteiger partial charge is 0.217 e. The molecule has 1 rings (SSSR count). The van der Waals surface area contributed by atoms with Gasteiger partial charge in [-0.15, -0.1) is 0 Å². The van der Waals surface area contributed by atoms with Crippen LogP contribution in [0.5, 0.6) is 0 Å². The maximum absolute atomic E-state index is 9.59. The van der Waals surface area contributed by atoms with Crippen molar-refractivity contribution >= 4 is 29.1 Å². The molecule has 0 saturated carbocycles. The number of halogens is 2. The summed E-state index contributed by atoms with van der Waals surface area (Å²) in [5.74, 6) is -0.245. The summed E-state index contributed by atoms with van der Waals surface area (Å²) in [6.45, 7) is 1.72. The van der Waals surface area contributed by atoms with Crippen LogP contribution < -0.4 is 5.73 Å². The molecule has 0 saturated heterocycles. The second kappa shape index (κ2) is 6.75. The van der Waals surface area contributed by atoms with E-state index in [4.69, 9.17) is 23.2 Å². The second-order valence-electron chi connectivity index (χ2n) is 2.26. The van der Waals surface area contributed by atoms with Gasteiger partial charge in [0.05, 0.1) is 0 Å². The Labute approximate surface area is 87.6 Å². The van der Waals surface area contributed by atoms with E-state index in [1.54, 1.807) is 25.1 Å². The van der Waals surface area contributed by atoms with E-state index < -0.39 is 0 Å². The van der Waals surface area contributed by atoms with Crippen molar-refractivity contribution in [2.45, 2.75) is 13.3 Å². The Kier molecular flexibility index (Phi) is 6.37. The minimum absolute atomic E-state index is 0.245. The minimum Gasteiger partial charge on any atom is -0.370 e. The van der Waals surface area contributed by atoms with Crippen LogP contribution in [-0.4, -0.2) is 5.91 Å². The molecule has 0 unspecified atom stereocenters. The predicted octanol–water partition coefficient (Wildman–Crippen LogP) is 2.88. The average molecular weight is 220 g/mol. The fourth-order valence-electron chi connectivity index (χ4n) is 0.460. The fraction of sp³-hybridized carbons (Fsp3) is 0.222. The lowest BCUT2D eigenvalue weighted by molar-refractivity contribution is -0.117. The van der Waals surface area contributed by atoms with Crippen LogP contribution in [0, 0.1) is 0 Å². The maximum Gasteiger partial charge on any atom is 0.217 e. The fourth-order valence-corrected chi connectivity index (χ4v) is 0.896. The Morgan fingerprint density at radius 2 is 1.77 bits per heavy atom. The van der Waals surface area contributed by atoms with Crippen LogP contribution in [0.2, 0.25) is 10.0 Å². The van der Waals surface area contributed by atoms with Gasteiger partial charge in [-0.25, -0.2) is 0 Å². The summed E-state index contributed by atoms with van der Waals surface area (Å²) in [4.78, 5) is 9.59. The van der Waals surface area contributed by atoms with Gasteiger partial charge in [0.25, 0.3) is 0 Å². The van der Waals surface area contributed by atoms with E-state index in [9.17, 15) is 4.79 Å². The molecule has 0 aromatic heterocycles. The molecule has 0 aliphatic carbocycles. The number of nitrogens with two attached hydrogens (primary N) is 1. The Hall–Kier alpha value is -0.730. The zero-order chi connectivity index (χ0) is 10.3. The highest BCUT2D eigenvalue weighted by molar-refractivity contribution is 6.34. The van der Waals surface area contributed by atoms with E-state index in [0.717, 1.165) is 0 Å². The van der Waals surface area contributed by atoms with E-state index in [1.165, 1.54) is 0 Å². The molecular weight excluding hydrogens is 209 g/mol. The highest BCUT2D eigenvalue weighted by Gasteiger charge is 1.85. The van der Waals surface area contributed by atoms with Crippen LogP contribution in [0.4, 0.5) is 0 Å². The molecule has 1 amide bonds. The van der Waals surface area contributed by atoms with Crippen LogP contribution in [-0.2, 0) is 4.79 Å². The number of hydrogen-bond donors (Lipinski definition) is 1. The zero-order valence-corrected chi connectivity index (χ0v) is 8.77. The third-order valence-corrected chi connectivity index (χ3v) is 1.61. The molecule has 0 spiro atoms. The van der Waals surface area contributed by atoms with E-state index in [1.807, 2.05) is 6.07 Å². The van der Waals surface area contributed by atoms with Crippen molar-refractivity contribution in [3.8, 4) is 0 Å². The summed E-state index contributed by atoms with van der Waals surface area (Å²) >= 11 is 11.1. The van der Waals surface area contributed by atoms with Gasteiger partial charge < -0.3 is 5.73 Å². The first kappa shape index (κ1) is 12.3. The first-order valence-electron chi connectivity index (χ1n) is 3.75. The number of hydrogen-bond acceptors (Lipinski definition) is 1. The molecule has 2 nitrogen and oxygen atoms in total. The van der Waals surface area contributed by atoms with E-state index in [-0.39, 0.29) is 5.91 Å². The van der Waals surface area contributed by atoms with Crippen molar-refractivity contribution in [1.29, 1.82) is 0 Å². The van der Waals surface area contributed by atoms with Crippen molar-refractivity contribution in [1.82, 2.24) is 0 Å². The van der Waals surface area contributed by atoms with Gasteiger partial charge >= 0.3 is 0 Å². The van der Waals surface area contributed by atoms with Gasteiger partial charge in [0, 0.05) is 16.5 Å². The topological polar surface area (TPSA) is 43.1 Å². The molecule has 0 aliphatic heterocycles. The van der Waals surface area contributed by atoms with Gasteiger partial charge in [-0.2, -0.15) is 0 Å². The lowest BCUT2D eigenvalue weighted by Gasteiger charge is -1.86. The van der Waals surface area contributed by atoms with Gasteiger partial charge in [-0.05, 0) is 18.2 Å². The molecule has 1 aromatic carbocycles. The van der Waals surface area contributed by atoms with Crippen LogP contribution in [0.1, 0.15) is 13.3 Å². The summed E-state index contributed by atoms with van der Waals surface area (Å²) in [6, 6.07) is 7.08. The zero-order valence-electron chi connectivity index (χ0n) is 7.26. The number of carbonyl (C=O) groups excluding carboxylic acids is 1. The molecule has 0 fully saturated rings. The van der Waals surface area contributed by atoms with E-state index in [2.05, 4.69) is 5.73 Å². The van der Waals surface area contributed by atoms with Gasteiger partial charge in [-0.1, -0.05) is 36.2 Å². The molecule has 0 bridgehead atoms. The SMILES string of the molecule is CCC(N)=O.Clc1cccc(Cl)c1. The minimum atomic E-state index is -0.245. The number of rotatable bonds is 1. The molecule has 4 heteroatoms. The summed E-state index contributed by atoms with van der Waals surface area (Å²) in [6.07, 6.45) is 0.444. The average Bonchev–Trinajstić information content (AvgIpc) is 2.05. The highest BCUT2D eigenvalue weighted by Crippen LogP contribution is 2.13. The predicted molar refractivity (Wildman–Crippen MR) is 55.9 cm³/mol. The van der Waals surface area contributed by atoms with E-state index >= 15 is 0 Å².